The third-order valence-corrected chi connectivity index (χ3v) is 3.49. The molecule has 0 saturated heterocycles. The van der Waals surface area contributed by atoms with Crippen molar-refractivity contribution in [1.82, 2.24) is 9.97 Å². The van der Waals surface area contributed by atoms with Gasteiger partial charge in [-0.05, 0) is 25.0 Å². The van der Waals surface area contributed by atoms with E-state index in [-0.39, 0.29) is 12.3 Å². The molecule has 0 fully saturated rings. The summed E-state index contributed by atoms with van der Waals surface area (Å²) in [6.07, 6.45) is 1.89. The predicted molar refractivity (Wildman–Crippen MR) is 66.1 cm³/mol. The molecule has 0 spiro atoms. The van der Waals surface area contributed by atoms with Gasteiger partial charge in [-0.3, -0.25) is 4.79 Å². The normalized spacial score (nSPS) is 14.9. The van der Waals surface area contributed by atoms with Crippen LogP contribution in [-0.2, 0) is 11.2 Å². The van der Waals surface area contributed by atoms with E-state index in [0.29, 0.717) is 17.1 Å². The lowest BCUT2D eigenvalue weighted by Crippen LogP contribution is -2.35. The summed E-state index contributed by atoms with van der Waals surface area (Å²) in [6.45, 7) is 5.48. The number of hydrogen-bond acceptors (Lipinski definition) is 4. The number of hydrogen-bond donors (Lipinski definition) is 1. The molecule has 2 aromatic rings. The Labute approximate surface area is 105 Å². The minimum atomic E-state index is -0.888. The zero-order valence-corrected chi connectivity index (χ0v) is 10.7. The van der Waals surface area contributed by atoms with Crippen molar-refractivity contribution in [3.63, 3.8) is 0 Å². The molecule has 0 aliphatic carbocycles. The third-order valence-electron chi connectivity index (χ3n) is 3.49. The molecule has 0 aromatic carbocycles. The van der Waals surface area contributed by atoms with Crippen molar-refractivity contribution in [1.29, 1.82) is 0 Å². The summed E-state index contributed by atoms with van der Waals surface area (Å²) < 4.78 is 5.53. The number of aromatic nitrogens is 2. The molecule has 96 valence electrons. The van der Waals surface area contributed by atoms with Crippen molar-refractivity contribution >= 4 is 17.2 Å². The SMILES string of the molecule is CC(C)C(C)(Cc1nc2ncccc2o1)C(=O)O. The highest BCUT2D eigenvalue weighted by Gasteiger charge is 2.38. The molecule has 0 aliphatic heterocycles. The van der Waals surface area contributed by atoms with Crippen LogP contribution in [0, 0.1) is 11.3 Å². The molecule has 1 N–H and O–H groups in total. The Morgan fingerprint density at radius 2 is 2.28 bits per heavy atom. The number of carboxylic acid groups (broad SMARTS) is 1. The zero-order chi connectivity index (χ0) is 13.3. The first-order valence-corrected chi connectivity index (χ1v) is 5.87. The highest BCUT2D eigenvalue weighted by atomic mass is 16.4. The molecule has 0 bridgehead atoms. The van der Waals surface area contributed by atoms with Gasteiger partial charge >= 0.3 is 5.97 Å². The third kappa shape index (κ3) is 2.08. The maximum absolute atomic E-state index is 11.4. The fourth-order valence-electron chi connectivity index (χ4n) is 1.73. The van der Waals surface area contributed by atoms with Crippen molar-refractivity contribution < 1.29 is 14.3 Å². The monoisotopic (exact) mass is 248 g/mol. The minimum absolute atomic E-state index is 0.0158. The van der Waals surface area contributed by atoms with Crippen molar-refractivity contribution in [3.05, 3.63) is 24.2 Å². The van der Waals surface area contributed by atoms with Crippen molar-refractivity contribution in [2.24, 2.45) is 11.3 Å². The molecule has 0 aliphatic rings. The average Bonchev–Trinajstić information content (AvgIpc) is 2.70. The molecule has 5 heteroatoms. The predicted octanol–water partition coefficient (Wildman–Crippen LogP) is 2.51. The molecule has 0 amide bonds. The Hall–Kier alpha value is -1.91. The Kier molecular flexibility index (Phi) is 3.07. The quantitative estimate of drug-likeness (QED) is 0.899. The van der Waals surface area contributed by atoms with Gasteiger partial charge in [0.05, 0.1) is 5.41 Å². The number of carbonyl (C=O) groups is 1. The van der Waals surface area contributed by atoms with Gasteiger partial charge in [0.2, 0.25) is 0 Å². The molecule has 0 saturated carbocycles. The highest BCUT2D eigenvalue weighted by molar-refractivity contribution is 5.75. The van der Waals surface area contributed by atoms with Crippen LogP contribution in [0.4, 0.5) is 0 Å². The van der Waals surface area contributed by atoms with Gasteiger partial charge in [-0.15, -0.1) is 0 Å². The van der Waals surface area contributed by atoms with Gasteiger partial charge in [0, 0.05) is 12.6 Å². The zero-order valence-electron chi connectivity index (χ0n) is 10.7. The van der Waals surface area contributed by atoms with E-state index in [9.17, 15) is 9.90 Å². The Bertz CT molecular complexity index is 543. The number of aliphatic carboxylic acids is 1. The van der Waals surface area contributed by atoms with E-state index in [0.717, 1.165) is 0 Å². The molecule has 18 heavy (non-hydrogen) atoms. The summed E-state index contributed by atoms with van der Waals surface area (Å²) in [4.78, 5) is 19.7. The Morgan fingerprint density at radius 3 is 2.83 bits per heavy atom. The first-order chi connectivity index (χ1) is 8.43. The Morgan fingerprint density at radius 1 is 1.56 bits per heavy atom. The number of oxazole rings is 1. The molecule has 2 heterocycles. The lowest BCUT2D eigenvalue weighted by atomic mass is 9.76. The number of nitrogens with zero attached hydrogens (tertiary/aromatic N) is 2. The minimum Gasteiger partial charge on any atom is -0.481 e. The number of rotatable bonds is 4. The summed E-state index contributed by atoms with van der Waals surface area (Å²) in [5, 5.41) is 9.35. The second kappa shape index (κ2) is 4.40. The molecule has 2 rings (SSSR count). The van der Waals surface area contributed by atoms with Gasteiger partial charge in [-0.1, -0.05) is 13.8 Å². The van der Waals surface area contributed by atoms with Gasteiger partial charge in [-0.25, -0.2) is 4.98 Å². The summed E-state index contributed by atoms with van der Waals surface area (Å²) in [6, 6.07) is 3.53. The molecule has 5 nitrogen and oxygen atoms in total. The summed E-state index contributed by atoms with van der Waals surface area (Å²) in [5.41, 5.74) is 0.217. The van der Waals surface area contributed by atoms with Crippen LogP contribution < -0.4 is 0 Å². The molecule has 2 aromatic heterocycles. The van der Waals surface area contributed by atoms with Crippen LogP contribution in [0.15, 0.2) is 22.7 Å². The van der Waals surface area contributed by atoms with Crippen molar-refractivity contribution in [2.45, 2.75) is 27.2 Å². The van der Waals surface area contributed by atoms with Crippen LogP contribution >= 0.6 is 0 Å². The van der Waals surface area contributed by atoms with Gasteiger partial charge < -0.3 is 9.52 Å². The second-order valence-electron chi connectivity index (χ2n) is 4.99. The molecular formula is C13H16N2O3. The summed E-state index contributed by atoms with van der Waals surface area (Å²) in [7, 11) is 0. The van der Waals surface area contributed by atoms with Crippen LogP contribution in [0.25, 0.3) is 11.2 Å². The summed E-state index contributed by atoms with van der Waals surface area (Å²) >= 11 is 0. The molecule has 0 radical (unpaired) electrons. The first-order valence-electron chi connectivity index (χ1n) is 5.87. The van der Waals surface area contributed by atoms with E-state index >= 15 is 0 Å². The first kappa shape index (κ1) is 12.5. The van der Waals surface area contributed by atoms with Crippen LogP contribution in [0.1, 0.15) is 26.7 Å². The maximum Gasteiger partial charge on any atom is 0.310 e. The average molecular weight is 248 g/mol. The van der Waals surface area contributed by atoms with E-state index < -0.39 is 11.4 Å². The number of fused-ring (bicyclic) bond motifs is 1. The van der Waals surface area contributed by atoms with Crippen molar-refractivity contribution in [2.75, 3.05) is 0 Å². The second-order valence-corrected chi connectivity index (χ2v) is 4.99. The van der Waals surface area contributed by atoms with E-state index in [2.05, 4.69) is 9.97 Å². The molecule has 1 unspecified atom stereocenters. The van der Waals surface area contributed by atoms with E-state index in [1.54, 1.807) is 25.3 Å². The van der Waals surface area contributed by atoms with E-state index in [4.69, 9.17) is 4.42 Å². The standard InChI is InChI=1S/C13H16N2O3/c1-8(2)13(3,12(16)17)7-10-15-11-9(18-10)5-4-6-14-11/h4-6,8H,7H2,1-3H3,(H,16,17). The lowest BCUT2D eigenvalue weighted by Gasteiger charge is -2.27. The fraction of sp³-hybridized carbons (Fsp3) is 0.462. The number of pyridine rings is 1. The lowest BCUT2D eigenvalue weighted by molar-refractivity contribution is -0.150. The smallest absolute Gasteiger partial charge is 0.310 e. The van der Waals surface area contributed by atoms with Gasteiger partial charge in [-0.2, -0.15) is 4.98 Å². The highest BCUT2D eigenvalue weighted by Crippen LogP contribution is 2.32. The van der Waals surface area contributed by atoms with E-state index in [1.807, 2.05) is 13.8 Å². The van der Waals surface area contributed by atoms with Gasteiger partial charge in [0.15, 0.2) is 17.1 Å². The van der Waals surface area contributed by atoms with Gasteiger partial charge in [0.25, 0.3) is 0 Å². The van der Waals surface area contributed by atoms with Crippen LogP contribution in [-0.4, -0.2) is 21.0 Å². The number of carboxylic acids is 1. The van der Waals surface area contributed by atoms with Crippen LogP contribution in [0.2, 0.25) is 0 Å². The van der Waals surface area contributed by atoms with Crippen LogP contribution in [0.3, 0.4) is 0 Å². The largest absolute Gasteiger partial charge is 0.481 e. The molecular weight excluding hydrogens is 232 g/mol. The van der Waals surface area contributed by atoms with Gasteiger partial charge in [0.1, 0.15) is 0 Å². The fourth-order valence-corrected chi connectivity index (χ4v) is 1.73. The maximum atomic E-state index is 11.4. The Balaban J connectivity index is 2.35. The van der Waals surface area contributed by atoms with E-state index in [1.165, 1.54) is 0 Å². The summed E-state index contributed by atoms with van der Waals surface area (Å²) in [5.74, 6) is -0.437. The topological polar surface area (TPSA) is 76.2 Å². The van der Waals surface area contributed by atoms with Crippen LogP contribution in [0.5, 0.6) is 0 Å². The van der Waals surface area contributed by atoms with Crippen molar-refractivity contribution in [3.8, 4) is 0 Å². The molecule has 1 atom stereocenters.